The third-order valence-electron chi connectivity index (χ3n) is 6.49. The fourth-order valence-corrected chi connectivity index (χ4v) is 5.85. The van der Waals surface area contributed by atoms with E-state index in [1.54, 1.807) is 11.3 Å². The Morgan fingerprint density at radius 3 is 2.83 bits per heavy atom. The largest absolute Gasteiger partial charge is 0.478 e. The molecule has 2 heterocycles. The number of carboxylic acid groups (broad SMARTS) is 1. The van der Waals surface area contributed by atoms with Crippen molar-refractivity contribution in [3.63, 3.8) is 0 Å². The Morgan fingerprint density at radius 2 is 2.10 bits per heavy atom. The minimum Gasteiger partial charge on any atom is -0.478 e. The van der Waals surface area contributed by atoms with Crippen LogP contribution in [0.1, 0.15) is 74.6 Å². The molecule has 0 spiro atoms. The van der Waals surface area contributed by atoms with Crippen molar-refractivity contribution >= 4 is 22.3 Å². The summed E-state index contributed by atoms with van der Waals surface area (Å²) in [5, 5.41) is 28.5. The number of fused-ring (bicyclic) bond motifs is 1. The van der Waals surface area contributed by atoms with E-state index in [4.69, 9.17) is 4.52 Å². The molecular weight excluding hydrogens is 402 g/mol. The van der Waals surface area contributed by atoms with Crippen LogP contribution >= 0.6 is 11.3 Å². The van der Waals surface area contributed by atoms with E-state index in [2.05, 4.69) is 29.3 Å². The lowest BCUT2D eigenvalue weighted by Crippen LogP contribution is -2.23. The van der Waals surface area contributed by atoms with E-state index in [1.807, 2.05) is 0 Å². The molecule has 1 saturated carbocycles. The highest BCUT2D eigenvalue weighted by molar-refractivity contribution is 7.17. The molecular formula is C22H27N3O4S. The molecule has 2 aromatic heterocycles. The van der Waals surface area contributed by atoms with Gasteiger partial charge in [-0.1, -0.05) is 19.0 Å². The number of nitrogens with zero attached hydrogens (tertiary/aromatic N) is 2. The van der Waals surface area contributed by atoms with Gasteiger partial charge in [-0.05, 0) is 67.9 Å². The molecule has 3 N–H and O–H groups in total. The number of carbonyl (C=O) groups is 1. The lowest BCUT2D eigenvalue weighted by Gasteiger charge is -2.29. The number of carboxylic acids is 1. The van der Waals surface area contributed by atoms with E-state index in [9.17, 15) is 15.0 Å². The fraction of sp³-hybridized carbons (Fsp3) is 0.591. The second-order valence-corrected chi connectivity index (χ2v) is 10.6. The molecule has 0 amide bonds. The van der Waals surface area contributed by atoms with Gasteiger partial charge in [-0.15, -0.1) is 11.3 Å². The van der Waals surface area contributed by atoms with Gasteiger partial charge in [-0.25, -0.2) is 4.79 Å². The van der Waals surface area contributed by atoms with Crippen molar-refractivity contribution < 1.29 is 19.5 Å². The maximum atomic E-state index is 11.5. The van der Waals surface area contributed by atoms with Crippen LogP contribution in [0.15, 0.2) is 15.7 Å². The first-order valence-corrected chi connectivity index (χ1v) is 11.5. The van der Waals surface area contributed by atoms with Crippen molar-refractivity contribution in [3.05, 3.63) is 27.4 Å². The first-order chi connectivity index (χ1) is 14.3. The molecule has 0 saturated heterocycles. The molecule has 5 rings (SSSR count). The average molecular weight is 430 g/mol. The predicted molar refractivity (Wildman–Crippen MR) is 114 cm³/mol. The second-order valence-electron chi connectivity index (χ2n) is 9.49. The number of thiophene rings is 1. The summed E-state index contributed by atoms with van der Waals surface area (Å²) in [5.74, 6) is 0.720. The van der Waals surface area contributed by atoms with Crippen molar-refractivity contribution in [1.82, 2.24) is 10.1 Å². The molecule has 2 aromatic rings. The number of aliphatic hydroxyl groups excluding tert-OH is 1. The highest BCUT2D eigenvalue weighted by Crippen LogP contribution is 2.49. The van der Waals surface area contributed by atoms with Crippen LogP contribution in [-0.4, -0.2) is 32.6 Å². The molecule has 3 aliphatic rings. The topological polar surface area (TPSA) is 108 Å². The van der Waals surface area contributed by atoms with Crippen LogP contribution < -0.4 is 5.32 Å². The van der Waals surface area contributed by atoms with E-state index in [1.165, 1.54) is 10.4 Å². The van der Waals surface area contributed by atoms with Crippen LogP contribution in [0.4, 0.5) is 5.00 Å². The number of aryl methyl sites for hydroxylation is 1. The number of aliphatic carboxylic acids is 1. The fourth-order valence-electron chi connectivity index (χ4n) is 4.62. The number of rotatable bonds is 6. The molecule has 0 bridgehead atoms. The maximum Gasteiger partial charge on any atom is 0.331 e. The summed E-state index contributed by atoms with van der Waals surface area (Å²) in [6.45, 7) is 4.54. The molecule has 7 nitrogen and oxygen atoms in total. The van der Waals surface area contributed by atoms with Crippen LogP contribution in [0.25, 0.3) is 11.5 Å². The zero-order valence-corrected chi connectivity index (χ0v) is 18.1. The Bertz CT molecular complexity index is 1030. The van der Waals surface area contributed by atoms with E-state index in [0.717, 1.165) is 54.9 Å². The lowest BCUT2D eigenvalue weighted by molar-refractivity contribution is -0.132. The highest BCUT2D eigenvalue weighted by Gasteiger charge is 2.35. The van der Waals surface area contributed by atoms with Crippen LogP contribution in [0.3, 0.4) is 0 Å². The summed E-state index contributed by atoms with van der Waals surface area (Å²) >= 11 is 1.62. The molecule has 1 fully saturated rings. The number of aliphatic hydroxyl groups is 1. The first-order valence-electron chi connectivity index (χ1n) is 10.7. The van der Waals surface area contributed by atoms with Gasteiger partial charge in [0.25, 0.3) is 5.89 Å². The molecule has 30 heavy (non-hydrogen) atoms. The number of hydrogen-bond donors (Lipinski definition) is 3. The molecule has 0 aromatic carbocycles. The Morgan fingerprint density at radius 1 is 1.30 bits per heavy atom. The Balaban J connectivity index is 1.53. The van der Waals surface area contributed by atoms with Gasteiger partial charge >= 0.3 is 5.97 Å². The molecule has 3 aliphatic carbocycles. The molecule has 0 aliphatic heterocycles. The normalized spacial score (nSPS) is 21.6. The maximum absolute atomic E-state index is 11.5. The van der Waals surface area contributed by atoms with Crippen LogP contribution in [0, 0.1) is 5.41 Å². The Hall–Kier alpha value is -2.19. The van der Waals surface area contributed by atoms with Gasteiger partial charge in [0, 0.05) is 16.4 Å². The SMILES string of the molecule is CC1(C)CCc2sc(NC(O)C3=C(C(=O)O)CCC3)c(-c3nc(C4CC4)no3)c2C1. The lowest BCUT2D eigenvalue weighted by atomic mass is 9.76. The number of aromatic nitrogens is 2. The van der Waals surface area contributed by atoms with E-state index < -0.39 is 12.2 Å². The van der Waals surface area contributed by atoms with Gasteiger partial charge < -0.3 is 20.1 Å². The van der Waals surface area contributed by atoms with Crippen molar-refractivity contribution in [2.75, 3.05) is 5.32 Å². The quantitative estimate of drug-likeness (QED) is 0.581. The zero-order chi connectivity index (χ0) is 21.0. The van der Waals surface area contributed by atoms with Crippen molar-refractivity contribution in [2.24, 2.45) is 5.41 Å². The van der Waals surface area contributed by atoms with Gasteiger partial charge in [-0.3, -0.25) is 0 Å². The van der Waals surface area contributed by atoms with Crippen molar-refractivity contribution in [2.45, 2.75) is 77.4 Å². The predicted octanol–water partition coefficient (Wildman–Crippen LogP) is 4.49. The molecule has 1 atom stereocenters. The summed E-state index contributed by atoms with van der Waals surface area (Å²) in [6, 6.07) is 0. The molecule has 1 unspecified atom stereocenters. The van der Waals surface area contributed by atoms with Gasteiger partial charge in [0.15, 0.2) is 5.82 Å². The second kappa shape index (κ2) is 7.20. The van der Waals surface area contributed by atoms with E-state index in [-0.39, 0.29) is 5.41 Å². The van der Waals surface area contributed by atoms with Crippen molar-refractivity contribution in [1.29, 1.82) is 0 Å². The molecule has 0 radical (unpaired) electrons. The van der Waals surface area contributed by atoms with Gasteiger partial charge in [-0.2, -0.15) is 4.98 Å². The molecule has 8 heteroatoms. The Kier molecular flexibility index (Phi) is 4.74. The monoisotopic (exact) mass is 429 g/mol. The summed E-state index contributed by atoms with van der Waals surface area (Å²) in [5.41, 5.74) is 3.19. The highest BCUT2D eigenvalue weighted by atomic mass is 32.1. The minimum absolute atomic E-state index is 0.183. The number of hydrogen-bond acceptors (Lipinski definition) is 7. The minimum atomic E-state index is -1.03. The third kappa shape index (κ3) is 3.56. The standard InChI is InChI=1S/C22H27N3O4S/c1-22(2)9-8-15-14(10-22)16(19-23-17(25-29-19)11-6-7-11)20(30-15)24-18(26)12-4-3-5-13(12)21(27)28/h11,18,24,26H,3-10H2,1-2H3,(H,27,28). The van der Waals surface area contributed by atoms with Gasteiger partial charge in [0.1, 0.15) is 11.2 Å². The Labute approximate surface area is 179 Å². The van der Waals surface area contributed by atoms with E-state index >= 15 is 0 Å². The summed E-state index contributed by atoms with van der Waals surface area (Å²) in [7, 11) is 0. The van der Waals surface area contributed by atoms with E-state index in [0.29, 0.717) is 35.8 Å². The zero-order valence-electron chi connectivity index (χ0n) is 17.3. The third-order valence-corrected chi connectivity index (χ3v) is 7.71. The summed E-state index contributed by atoms with van der Waals surface area (Å²) in [4.78, 5) is 17.5. The van der Waals surface area contributed by atoms with Crippen LogP contribution in [0.5, 0.6) is 0 Å². The average Bonchev–Trinajstić information content (AvgIpc) is 3.10. The van der Waals surface area contributed by atoms with Gasteiger partial charge in [0.05, 0.1) is 5.56 Å². The summed E-state index contributed by atoms with van der Waals surface area (Å²) in [6.07, 6.45) is 6.01. The smallest absolute Gasteiger partial charge is 0.331 e. The summed E-state index contributed by atoms with van der Waals surface area (Å²) < 4.78 is 5.67. The van der Waals surface area contributed by atoms with Crippen LogP contribution in [0.2, 0.25) is 0 Å². The number of anilines is 1. The first kappa shape index (κ1) is 19.8. The number of nitrogens with one attached hydrogen (secondary N) is 1. The van der Waals surface area contributed by atoms with Gasteiger partial charge in [0.2, 0.25) is 0 Å². The van der Waals surface area contributed by atoms with Crippen molar-refractivity contribution in [3.8, 4) is 11.5 Å². The van der Waals surface area contributed by atoms with Crippen LogP contribution in [-0.2, 0) is 17.6 Å². The molecule has 160 valence electrons.